The molecule has 0 N–H and O–H groups in total. The first-order valence-electron chi connectivity index (χ1n) is 9.84. The zero-order valence-corrected chi connectivity index (χ0v) is 16.7. The van der Waals surface area contributed by atoms with Crippen molar-refractivity contribution in [3.63, 3.8) is 0 Å². The number of rotatable bonds is 5. The molecule has 148 valence electrons. The SMILES string of the molecule is COc1ccccc1C(=O)N1CCCN(C(=O)CCc2ccc(C)cc2)CC1. The van der Waals surface area contributed by atoms with E-state index in [9.17, 15) is 9.59 Å². The second-order valence-electron chi connectivity index (χ2n) is 7.21. The number of nitrogens with zero attached hydrogens (tertiary/aromatic N) is 2. The van der Waals surface area contributed by atoms with Gasteiger partial charge in [-0.05, 0) is 37.5 Å². The molecular formula is C23H28N2O3. The monoisotopic (exact) mass is 380 g/mol. The number of methoxy groups -OCH3 is 1. The summed E-state index contributed by atoms with van der Waals surface area (Å²) >= 11 is 0. The van der Waals surface area contributed by atoms with E-state index in [1.165, 1.54) is 11.1 Å². The van der Waals surface area contributed by atoms with Crippen molar-refractivity contribution in [1.29, 1.82) is 0 Å². The van der Waals surface area contributed by atoms with Gasteiger partial charge in [0.15, 0.2) is 0 Å². The highest BCUT2D eigenvalue weighted by Gasteiger charge is 2.24. The van der Waals surface area contributed by atoms with Gasteiger partial charge < -0.3 is 14.5 Å². The van der Waals surface area contributed by atoms with E-state index < -0.39 is 0 Å². The van der Waals surface area contributed by atoms with Gasteiger partial charge in [0.25, 0.3) is 5.91 Å². The maximum absolute atomic E-state index is 12.9. The molecule has 0 aromatic heterocycles. The number of ether oxygens (including phenoxy) is 1. The Hall–Kier alpha value is -2.82. The predicted molar refractivity (Wildman–Crippen MR) is 110 cm³/mol. The van der Waals surface area contributed by atoms with Gasteiger partial charge in [0.2, 0.25) is 5.91 Å². The lowest BCUT2D eigenvalue weighted by Crippen LogP contribution is -2.37. The third-order valence-electron chi connectivity index (χ3n) is 5.22. The van der Waals surface area contributed by atoms with Crippen molar-refractivity contribution in [2.24, 2.45) is 0 Å². The highest BCUT2D eigenvalue weighted by molar-refractivity contribution is 5.97. The molecule has 5 heteroatoms. The van der Waals surface area contributed by atoms with Crippen LogP contribution in [0.25, 0.3) is 0 Å². The molecule has 3 rings (SSSR count). The summed E-state index contributed by atoms with van der Waals surface area (Å²) < 4.78 is 5.32. The Bertz CT molecular complexity index is 817. The molecule has 0 spiro atoms. The van der Waals surface area contributed by atoms with Crippen molar-refractivity contribution in [3.05, 3.63) is 65.2 Å². The van der Waals surface area contributed by atoms with Gasteiger partial charge in [0.1, 0.15) is 5.75 Å². The average Bonchev–Trinajstić information content (AvgIpc) is 2.99. The lowest BCUT2D eigenvalue weighted by Gasteiger charge is -2.23. The number of amides is 2. The molecule has 2 aromatic rings. The summed E-state index contributed by atoms with van der Waals surface area (Å²) in [5, 5.41) is 0. The Morgan fingerprint density at radius 3 is 2.36 bits per heavy atom. The second-order valence-corrected chi connectivity index (χ2v) is 7.21. The van der Waals surface area contributed by atoms with E-state index in [2.05, 4.69) is 31.2 Å². The summed E-state index contributed by atoms with van der Waals surface area (Å²) in [7, 11) is 1.57. The van der Waals surface area contributed by atoms with E-state index in [0.717, 1.165) is 12.8 Å². The number of carbonyl (C=O) groups excluding carboxylic acids is 2. The van der Waals surface area contributed by atoms with Crippen molar-refractivity contribution < 1.29 is 14.3 Å². The number of carbonyl (C=O) groups is 2. The van der Waals surface area contributed by atoms with Crippen LogP contribution in [0, 0.1) is 6.92 Å². The topological polar surface area (TPSA) is 49.9 Å². The zero-order chi connectivity index (χ0) is 19.9. The summed E-state index contributed by atoms with van der Waals surface area (Å²) in [4.78, 5) is 29.2. The van der Waals surface area contributed by atoms with Crippen LogP contribution in [0.4, 0.5) is 0 Å². The summed E-state index contributed by atoms with van der Waals surface area (Å²) in [6.45, 7) is 4.53. The lowest BCUT2D eigenvalue weighted by molar-refractivity contribution is -0.131. The quantitative estimate of drug-likeness (QED) is 0.800. The first-order valence-corrected chi connectivity index (χ1v) is 9.84. The van der Waals surface area contributed by atoms with Gasteiger partial charge >= 0.3 is 0 Å². The fourth-order valence-corrected chi connectivity index (χ4v) is 3.53. The molecular weight excluding hydrogens is 352 g/mol. The van der Waals surface area contributed by atoms with Crippen LogP contribution in [-0.2, 0) is 11.2 Å². The number of hydrogen-bond acceptors (Lipinski definition) is 3. The normalized spacial score (nSPS) is 14.5. The van der Waals surface area contributed by atoms with E-state index in [1.807, 2.05) is 21.9 Å². The Kier molecular flexibility index (Phi) is 6.69. The predicted octanol–water partition coefficient (Wildman–Crippen LogP) is 3.31. The molecule has 1 heterocycles. The van der Waals surface area contributed by atoms with Crippen LogP contribution >= 0.6 is 0 Å². The van der Waals surface area contributed by atoms with Gasteiger partial charge in [-0.25, -0.2) is 0 Å². The van der Waals surface area contributed by atoms with Crippen LogP contribution in [0.3, 0.4) is 0 Å². The molecule has 28 heavy (non-hydrogen) atoms. The number of para-hydroxylation sites is 1. The van der Waals surface area contributed by atoms with Gasteiger partial charge in [-0.15, -0.1) is 0 Å². The molecule has 2 aromatic carbocycles. The van der Waals surface area contributed by atoms with E-state index in [0.29, 0.717) is 43.9 Å². The van der Waals surface area contributed by atoms with Gasteiger partial charge in [-0.3, -0.25) is 9.59 Å². The molecule has 1 aliphatic heterocycles. The largest absolute Gasteiger partial charge is 0.496 e. The average molecular weight is 380 g/mol. The summed E-state index contributed by atoms with van der Waals surface area (Å²) in [5.41, 5.74) is 2.98. The molecule has 0 atom stereocenters. The lowest BCUT2D eigenvalue weighted by atomic mass is 10.1. The van der Waals surface area contributed by atoms with Crippen LogP contribution in [0.1, 0.15) is 34.3 Å². The molecule has 0 aliphatic carbocycles. The van der Waals surface area contributed by atoms with Crippen molar-refractivity contribution in [2.75, 3.05) is 33.3 Å². The Morgan fingerprint density at radius 1 is 0.929 bits per heavy atom. The molecule has 1 saturated heterocycles. The fraction of sp³-hybridized carbons (Fsp3) is 0.391. The van der Waals surface area contributed by atoms with Crippen molar-refractivity contribution in [2.45, 2.75) is 26.2 Å². The number of hydrogen-bond donors (Lipinski definition) is 0. The summed E-state index contributed by atoms with van der Waals surface area (Å²) in [6.07, 6.45) is 2.04. The van der Waals surface area contributed by atoms with Crippen LogP contribution in [0.2, 0.25) is 0 Å². The first kappa shape index (κ1) is 19.9. The molecule has 0 radical (unpaired) electrons. The molecule has 0 saturated carbocycles. The highest BCUT2D eigenvalue weighted by Crippen LogP contribution is 2.20. The third kappa shape index (κ3) is 4.91. The van der Waals surface area contributed by atoms with Gasteiger partial charge in [0.05, 0.1) is 12.7 Å². The van der Waals surface area contributed by atoms with Gasteiger partial charge in [0, 0.05) is 32.6 Å². The Labute approximate surface area is 166 Å². The Balaban J connectivity index is 1.56. The first-order chi connectivity index (χ1) is 13.6. The van der Waals surface area contributed by atoms with Crippen LogP contribution < -0.4 is 4.74 Å². The van der Waals surface area contributed by atoms with Crippen molar-refractivity contribution >= 4 is 11.8 Å². The minimum atomic E-state index is -0.0357. The molecule has 5 nitrogen and oxygen atoms in total. The van der Waals surface area contributed by atoms with E-state index in [-0.39, 0.29) is 11.8 Å². The molecule has 1 fully saturated rings. The molecule has 0 unspecified atom stereocenters. The zero-order valence-electron chi connectivity index (χ0n) is 16.7. The van der Waals surface area contributed by atoms with Gasteiger partial charge in [-0.2, -0.15) is 0 Å². The maximum atomic E-state index is 12.9. The van der Waals surface area contributed by atoms with Crippen LogP contribution in [0.5, 0.6) is 5.75 Å². The third-order valence-corrected chi connectivity index (χ3v) is 5.22. The van der Waals surface area contributed by atoms with E-state index in [1.54, 1.807) is 19.2 Å². The van der Waals surface area contributed by atoms with E-state index >= 15 is 0 Å². The minimum absolute atomic E-state index is 0.0357. The highest BCUT2D eigenvalue weighted by atomic mass is 16.5. The standard InChI is InChI=1S/C23H28N2O3/c1-18-8-10-19(11-9-18)12-13-22(26)24-14-5-15-25(17-16-24)23(27)20-6-3-4-7-21(20)28-2/h3-4,6-11H,5,12-17H2,1-2H3. The van der Waals surface area contributed by atoms with Crippen molar-refractivity contribution in [3.8, 4) is 5.75 Å². The fourth-order valence-electron chi connectivity index (χ4n) is 3.53. The number of benzene rings is 2. The summed E-state index contributed by atoms with van der Waals surface area (Å²) in [6, 6.07) is 15.6. The molecule has 1 aliphatic rings. The maximum Gasteiger partial charge on any atom is 0.257 e. The molecule has 0 bridgehead atoms. The second kappa shape index (κ2) is 9.40. The smallest absolute Gasteiger partial charge is 0.257 e. The van der Waals surface area contributed by atoms with E-state index in [4.69, 9.17) is 4.74 Å². The van der Waals surface area contributed by atoms with Crippen LogP contribution in [0.15, 0.2) is 48.5 Å². The number of aryl methyl sites for hydroxylation is 2. The summed E-state index contributed by atoms with van der Waals surface area (Å²) in [5.74, 6) is 0.710. The molecule has 2 amide bonds. The van der Waals surface area contributed by atoms with Crippen LogP contribution in [-0.4, -0.2) is 54.9 Å². The minimum Gasteiger partial charge on any atom is -0.496 e. The van der Waals surface area contributed by atoms with Crippen molar-refractivity contribution in [1.82, 2.24) is 9.80 Å². The Morgan fingerprint density at radius 2 is 1.61 bits per heavy atom. The van der Waals surface area contributed by atoms with Gasteiger partial charge in [-0.1, -0.05) is 42.0 Å².